The molecule has 5 aromatic rings. The summed E-state index contributed by atoms with van der Waals surface area (Å²) in [6.07, 6.45) is 9.69. The molecule has 0 aliphatic rings. The van der Waals surface area contributed by atoms with E-state index in [9.17, 15) is 0 Å². The monoisotopic (exact) mass is 841 g/mol. The maximum absolute atomic E-state index is 3.54. The Hall–Kier alpha value is -3.42. The number of alkyl halides is 1. The van der Waals surface area contributed by atoms with E-state index in [1.54, 1.807) is 0 Å². The summed E-state index contributed by atoms with van der Waals surface area (Å²) >= 11 is 3.54. The van der Waals surface area contributed by atoms with E-state index >= 15 is 0 Å². The lowest BCUT2D eigenvalue weighted by Gasteiger charge is -2.32. The normalized spacial score (nSPS) is 14.5. The Morgan fingerprint density at radius 1 is 0.431 bits per heavy atom. The van der Waals surface area contributed by atoms with Crippen LogP contribution in [0.1, 0.15) is 187 Å². The van der Waals surface area contributed by atoms with Gasteiger partial charge in [0.2, 0.25) is 0 Å². The van der Waals surface area contributed by atoms with Crippen LogP contribution in [0.5, 0.6) is 0 Å². The van der Waals surface area contributed by atoms with Crippen LogP contribution in [0.25, 0.3) is 0 Å². The summed E-state index contributed by atoms with van der Waals surface area (Å²) < 4.78 is 0. The van der Waals surface area contributed by atoms with E-state index in [1.165, 1.54) is 95.0 Å². The largest absolute Gasteiger partial charge is 0.0876 e. The molecule has 58 heavy (non-hydrogen) atoms. The minimum absolute atomic E-state index is 0.314. The Balaban J connectivity index is 0.000000267. The van der Waals surface area contributed by atoms with Gasteiger partial charge in [-0.2, -0.15) is 0 Å². The van der Waals surface area contributed by atoms with E-state index in [1.807, 2.05) is 0 Å². The Morgan fingerprint density at radius 2 is 0.793 bits per heavy atom. The second kappa shape index (κ2) is 22.8. The first-order chi connectivity index (χ1) is 27.6. The highest BCUT2D eigenvalue weighted by Crippen LogP contribution is 2.42. The van der Waals surface area contributed by atoms with Crippen molar-refractivity contribution >= 4 is 15.9 Å². The van der Waals surface area contributed by atoms with Crippen molar-refractivity contribution in [2.75, 3.05) is 0 Å². The molecule has 0 bridgehead atoms. The molecule has 0 heterocycles. The van der Waals surface area contributed by atoms with Crippen molar-refractivity contribution in [3.63, 3.8) is 0 Å². The van der Waals surface area contributed by atoms with Gasteiger partial charge in [-0.05, 0) is 145 Å². The third-order valence-corrected chi connectivity index (χ3v) is 13.5. The molecular formula is C57H77Br. The van der Waals surface area contributed by atoms with Crippen molar-refractivity contribution in [3.8, 4) is 0 Å². The Labute approximate surface area is 364 Å². The third kappa shape index (κ3) is 15.3. The Bertz CT molecular complexity index is 1860. The summed E-state index contributed by atoms with van der Waals surface area (Å²) in [5.41, 5.74) is 13.5. The van der Waals surface area contributed by atoms with Crippen LogP contribution in [0, 0.1) is 24.7 Å². The molecule has 312 valence electrons. The number of aryl methyl sites for hydroxylation is 3. The molecule has 1 heteroatoms. The fourth-order valence-corrected chi connectivity index (χ4v) is 9.72. The second-order valence-corrected chi connectivity index (χ2v) is 20.0. The molecule has 0 aromatic heterocycles. The number of rotatable bonds is 19. The third-order valence-electron chi connectivity index (χ3n) is 12.9. The summed E-state index contributed by atoms with van der Waals surface area (Å²) in [7, 11) is 0. The number of halogens is 1. The van der Waals surface area contributed by atoms with Gasteiger partial charge in [0.25, 0.3) is 0 Å². The lowest BCUT2D eigenvalue weighted by Crippen LogP contribution is -2.19. The maximum atomic E-state index is 3.54. The minimum Gasteiger partial charge on any atom is -0.0876 e. The van der Waals surface area contributed by atoms with E-state index in [4.69, 9.17) is 0 Å². The Morgan fingerprint density at radius 3 is 1.17 bits per heavy atom. The SMILES string of the molecule is CCC(CC(C)(C)CC(C)c1ccc(C)cc1)c1ccc(CBr)cc1.CCC(CC(C)(C)CC(C)c1ccc(C)cc1)c1ccc(CCC(C)c2ccccc2)cc1. The zero-order chi connectivity index (χ0) is 42.3. The Kier molecular flexibility index (Phi) is 18.6. The van der Waals surface area contributed by atoms with Crippen molar-refractivity contribution in [2.24, 2.45) is 10.8 Å². The lowest BCUT2D eigenvalue weighted by atomic mass is 9.73. The number of hydrogen-bond donors (Lipinski definition) is 0. The van der Waals surface area contributed by atoms with Crippen LogP contribution in [0.4, 0.5) is 0 Å². The van der Waals surface area contributed by atoms with E-state index in [0.717, 1.165) is 11.8 Å². The zero-order valence-corrected chi connectivity index (χ0v) is 39.8. The van der Waals surface area contributed by atoms with Crippen LogP contribution >= 0.6 is 15.9 Å². The van der Waals surface area contributed by atoms with E-state index in [-0.39, 0.29) is 0 Å². The molecule has 0 nitrogen and oxygen atoms in total. The van der Waals surface area contributed by atoms with Gasteiger partial charge >= 0.3 is 0 Å². The van der Waals surface area contributed by atoms with Crippen LogP contribution in [0.3, 0.4) is 0 Å². The molecular weight excluding hydrogens is 765 g/mol. The summed E-state index contributed by atoms with van der Waals surface area (Å²) in [5, 5.41) is 0.934. The highest BCUT2D eigenvalue weighted by Gasteiger charge is 2.27. The predicted octanol–water partition coefficient (Wildman–Crippen LogP) is 17.8. The second-order valence-electron chi connectivity index (χ2n) is 19.4. The number of benzene rings is 5. The quantitative estimate of drug-likeness (QED) is 0.0727. The molecule has 0 saturated heterocycles. The van der Waals surface area contributed by atoms with Crippen LogP contribution in [-0.4, -0.2) is 0 Å². The lowest BCUT2D eigenvalue weighted by molar-refractivity contribution is 0.260. The van der Waals surface area contributed by atoms with Gasteiger partial charge in [-0.25, -0.2) is 0 Å². The molecule has 0 fully saturated rings. The van der Waals surface area contributed by atoms with E-state index in [0.29, 0.717) is 40.4 Å². The molecule has 0 aliphatic carbocycles. The van der Waals surface area contributed by atoms with Crippen LogP contribution in [-0.2, 0) is 11.8 Å². The first-order valence-corrected chi connectivity index (χ1v) is 23.7. The standard InChI is InChI=1S/C33H44.C24H33Br/c1-7-29(24-33(5,6)23-27(4)31-19-13-25(2)14-20-31)32-21-17-28(18-22-32)16-15-26(3)30-11-9-8-10-12-30;1-6-21(23-13-9-20(17-25)10-14-23)16-24(4,5)15-19(3)22-11-7-18(2)8-12-22/h8-14,17-22,26-27,29H,7,15-16,23-24H2,1-6H3;7-14,19,21H,6,15-17H2,1-5H3. The summed E-state index contributed by atoms with van der Waals surface area (Å²) in [6.45, 7) is 25.9. The van der Waals surface area contributed by atoms with Crippen molar-refractivity contribution < 1.29 is 0 Å². The molecule has 5 rings (SSSR count). The van der Waals surface area contributed by atoms with Gasteiger partial charge in [0.05, 0.1) is 0 Å². The van der Waals surface area contributed by atoms with Crippen LogP contribution in [0.2, 0.25) is 0 Å². The van der Waals surface area contributed by atoms with E-state index < -0.39 is 0 Å². The molecule has 0 spiro atoms. The molecule has 5 aromatic carbocycles. The molecule has 5 unspecified atom stereocenters. The topological polar surface area (TPSA) is 0 Å². The van der Waals surface area contributed by atoms with Crippen molar-refractivity contribution in [1.82, 2.24) is 0 Å². The molecule has 0 aliphatic heterocycles. The molecule has 0 amide bonds. The zero-order valence-electron chi connectivity index (χ0n) is 38.3. The van der Waals surface area contributed by atoms with Crippen LogP contribution in [0.15, 0.2) is 127 Å². The summed E-state index contributed by atoms with van der Waals surface area (Å²) in [4.78, 5) is 0. The first kappa shape index (κ1) is 47.3. The van der Waals surface area contributed by atoms with Crippen molar-refractivity contribution in [3.05, 3.63) is 177 Å². The van der Waals surface area contributed by atoms with Gasteiger partial charge in [-0.3, -0.25) is 0 Å². The maximum Gasteiger partial charge on any atom is 0.0283 e. The minimum atomic E-state index is 0.314. The average Bonchev–Trinajstić information content (AvgIpc) is 3.22. The van der Waals surface area contributed by atoms with Gasteiger partial charge in [0, 0.05) is 5.33 Å². The molecule has 0 radical (unpaired) electrons. The smallest absolute Gasteiger partial charge is 0.0283 e. The fourth-order valence-electron chi connectivity index (χ4n) is 9.35. The number of hydrogen-bond acceptors (Lipinski definition) is 0. The van der Waals surface area contributed by atoms with Crippen molar-refractivity contribution in [1.29, 1.82) is 0 Å². The van der Waals surface area contributed by atoms with Gasteiger partial charge in [0.1, 0.15) is 0 Å². The predicted molar refractivity (Wildman–Crippen MR) is 260 cm³/mol. The van der Waals surface area contributed by atoms with Crippen LogP contribution < -0.4 is 0 Å². The summed E-state index contributed by atoms with van der Waals surface area (Å²) in [5.74, 6) is 3.06. The average molecular weight is 842 g/mol. The van der Waals surface area contributed by atoms with Gasteiger partial charge in [-0.1, -0.05) is 217 Å². The molecule has 0 saturated carbocycles. The fraction of sp³-hybridized carbons (Fsp3) is 0.474. The first-order valence-electron chi connectivity index (χ1n) is 22.5. The van der Waals surface area contributed by atoms with Gasteiger partial charge < -0.3 is 0 Å². The van der Waals surface area contributed by atoms with Gasteiger partial charge in [0.15, 0.2) is 0 Å². The molecule has 0 N–H and O–H groups in total. The highest BCUT2D eigenvalue weighted by atomic mass is 79.9. The molecule has 5 atom stereocenters. The van der Waals surface area contributed by atoms with Crippen molar-refractivity contribution in [2.45, 2.75) is 162 Å². The highest BCUT2D eigenvalue weighted by molar-refractivity contribution is 9.08. The summed E-state index contributed by atoms with van der Waals surface area (Å²) in [6, 6.07) is 47.8. The van der Waals surface area contributed by atoms with E-state index in [2.05, 4.69) is 219 Å². The van der Waals surface area contributed by atoms with Gasteiger partial charge in [-0.15, -0.1) is 0 Å².